The Labute approximate surface area is 195 Å². The molecular formula is C22H19ClN6O3S. The standard InChI is InChI=1S/C22H19ClN6O3S/c1-28-21(25-26-27-28)15-7-6-8-17(13-15)24-22(30)16-11-12-19(23)20(14-16)33(31,32)29(2)18-9-4-3-5-10-18/h3-14H,1-2H3,(H,24,30). The fourth-order valence-corrected chi connectivity index (χ4v) is 4.87. The van der Waals surface area contributed by atoms with E-state index in [4.69, 9.17) is 11.6 Å². The van der Waals surface area contributed by atoms with Gasteiger partial charge in [-0.2, -0.15) is 0 Å². The van der Waals surface area contributed by atoms with Crippen molar-refractivity contribution in [3.63, 3.8) is 0 Å². The predicted molar refractivity (Wildman–Crippen MR) is 126 cm³/mol. The molecule has 0 saturated heterocycles. The van der Waals surface area contributed by atoms with Gasteiger partial charge in [-0.1, -0.05) is 41.9 Å². The van der Waals surface area contributed by atoms with E-state index in [0.29, 0.717) is 22.8 Å². The van der Waals surface area contributed by atoms with E-state index in [2.05, 4.69) is 20.8 Å². The van der Waals surface area contributed by atoms with Crippen LogP contribution in [0.5, 0.6) is 0 Å². The van der Waals surface area contributed by atoms with Crippen LogP contribution in [0.4, 0.5) is 11.4 Å². The summed E-state index contributed by atoms with van der Waals surface area (Å²) in [6.45, 7) is 0. The summed E-state index contributed by atoms with van der Waals surface area (Å²) in [5, 5.41) is 14.2. The third-order valence-electron chi connectivity index (χ3n) is 4.95. The molecule has 4 rings (SSSR count). The van der Waals surface area contributed by atoms with Crippen molar-refractivity contribution < 1.29 is 13.2 Å². The molecule has 3 aromatic carbocycles. The van der Waals surface area contributed by atoms with Gasteiger partial charge in [0.25, 0.3) is 15.9 Å². The van der Waals surface area contributed by atoms with Gasteiger partial charge in [0.1, 0.15) is 4.90 Å². The van der Waals surface area contributed by atoms with Crippen LogP contribution in [0.2, 0.25) is 5.02 Å². The molecule has 9 nitrogen and oxygen atoms in total. The molecule has 1 heterocycles. The molecule has 4 aromatic rings. The number of amides is 1. The minimum atomic E-state index is -4.00. The smallest absolute Gasteiger partial charge is 0.265 e. The van der Waals surface area contributed by atoms with Crippen LogP contribution in [0.15, 0.2) is 77.7 Å². The number of anilines is 2. The van der Waals surface area contributed by atoms with E-state index in [1.165, 1.54) is 29.9 Å². The number of aromatic nitrogens is 4. The van der Waals surface area contributed by atoms with Crippen LogP contribution in [-0.4, -0.2) is 41.6 Å². The summed E-state index contributed by atoms with van der Waals surface area (Å²) in [6, 6.07) is 19.7. The molecule has 0 radical (unpaired) electrons. The number of nitrogens with one attached hydrogen (secondary N) is 1. The molecule has 11 heteroatoms. The minimum Gasteiger partial charge on any atom is -0.322 e. The molecule has 0 atom stereocenters. The number of carbonyl (C=O) groups excluding carboxylic acids is 1. The normalized spacial score (nSPS) is 11.2. The zero-order valence-electron chi connectivity index (χ0n) is 17.7. The van der Waals surface area contributed by atoms with Gasteiger partial charge in [-0.25, -0.2) is 13.1 Å². The number of carbonyl (C=O) groups is 1. The summed E-state index contributed by atoms with van der Waals surface area (Å²) in [5.41, 5.74) is 1.83. The molecule has 0 aliphatic rings. The molecule has 1 N–H and O–H groups in total. The number of nitrogens with zero attached hydrogens (tertiary/aromatic N) is 5. The van der Waals surface area contributed by atoms with Crippen molar-refractivity contribution in [2.24, 2.45) is 7.05 Å². The minimum absolute atomic E-state index is 0.0195. The van der Waals surface area contributed by atoms with Crippen molar-refractivity contribution in [1.29, 1.82) is 0 Å². The van der Waals surface area contributed by atoms with Crippen LogP contribution >= 0.6 is 11.6 Å². The lowest BCUT2D eigenvalue weighted by Gasteiger charge is -2.20. The highest BCUT2D eigenvalue weighted by molar-refractivity contribution is 7.93. The van der Waals surface area contributed by atoms with Crippen LogP contribution in [0.25, 0.3) is 11.4 Å². The summed E-state index contributed by atoms with van der Waals surface area (Å²) in [5.74, 6) is 0.0497. The Morgan fingerprint density at radius 3 is 2.48 bits per heavy atom. The Morgan fingerprint density at radius 1 is 1.03 bits per heavy atom. The highest BCUT2D eigenvalue weighted by atomic mass is 35.5. The SMILES string of the molecule is CN(c1ccccc1)S(=O)(=O)c1cc(C(=O)Nc2cccc(-c3nnnn3C)c2)ccc1Cl. The first-order valence-corrected chi connectivity index (χ1v) is 11.6. The van der Waals surface area contributed by atoms with Gasteiger partial charge in [0.15, 0.2) is 5.82 Å². The van der Waals surface area contributed by atoms with Gasteiger partial charge in [0.05, 0.1) is 10.7 Å². The van der Waals surface area contributed by atoms with E-state index in [1.54, 1.807) is 55.6 Å². The number of hydrogen-bond donors (Lipinski definition) is 1. The second-order valence-corrected chi connectivity index (χ2v) is 9.46. The third kappa shape index (κ3) is 4.57. The first-order valence-electron chi connectivity index (χ1n) is 9.75. The monoisotopic (exact) mass is 482 g/mol. The fraction of sp³-hybridized carbons (Fsp3) is 0.0909. The van der Waals surface area contributed by atoms with Crippen LogP contribution in [0, 0.1) is 0 Å². The molecule has 33 heavy (non-hydrogen) atoms. The van der Waals surface area contributed by atoms with Crippen LogP contribution in [0.3, 0.4) is 0 Å². The Kier molecular flexibility index (Phi) is 6.12. The molecule has 0 spiro atoms. The Hall–Kier alpha value is -3.76. The lowest BCUT2D eigenvalue weighted by atomic mass is 10.1. The van der Waals surface area contributed by atoms with Gasteiger partial charge in [-0.15, -0.1) is 5.10 Å². The summed E-state index contributed by atoms with van der Waals surface area (Å²) in [6.07, 6.45) is 0. The van der Waals surface area contributed by atoms with Crippen molar-refractivity contribution in [2.75, 3.05) is 16.7 Å². The fourth-order valence-electron chi connectivity index (χ4n) is 3.18. The van der Waals surface area contributed by atoms with Crippen molar-refractivity contribution in [2.45, 2.75) is 4.90 Å². The maximum atomic E-state index is 13.2. The first-order chi connectivity index (χ1) is 15.8. The van der Waals surface area contributed by atoms with E-state index in [1.807, 2.05) is 6.07 Å². The second kappa shape index (κ2) is 9.00. The first kappa shape index (κ1) is 22.4. The van der Waals surface area contributed by atoms with Gasteiger partial charge in [0, 0.05) is 30.9 Å². The van der Waals surface area contributed by atoms with Gasteiger partial charge >= 0.3 is 0 Å². The molecule has 0 aliphatic carbocycles. The van der Waals surface area contributed by atoms with Gasteiger partial charge in [-0.05, 0) is 52.9 Å². The Morgan fingerprint density at radius 2 is 1.79 bits per heavy atom. The molecule has 0 bridgehead atoms. The molecule has 0 fully saturated rings. The third-order valence-corrected chi connectivity index (χ3v) is 7.22. The maximum absolute atomic E-state index is 13.2. The number of halogens is 1. The summed E-state index contributed by atoms with van der Waals surface area (Å²) < 4.78 is 29.0. The van der Waals surface area contributed by atoms with Crippen molar-refractivity contribution in [3.8, 4) is 11.4 Å². The zero-order chi connectivity index (χ0) is 23.6. The van der Waals surface area contributed by atoms with E-state index < -0.39 is 15.9 Å². The number of hydrogen-bond acceptors (Lipinski definition) is 6. The predicted octanol–water partition coefficient (Wildman–Crippen LogP) is 3.61. The summed E-state index contributed by atoms with van der Waals surface area (Å²) in [4.78, 5) is 12.7. The average molecular weight is 483 g/mol. The molecule has 0 saturated carbocycles. The van der Waals surface area contributed by atoms with Crippen molar-refractivity contribution in [3.05, 3.63) is 83.4 Å². The molecule has 1 amide bonds. The van der Waals surface area contributed by atoms with E-state index in [-0.39, 0.29) is 15.5 Å². The molecule has 0 unspecified atom stereocenters. The van der Waals surface area contributed by atoms with Gasteiger partial charge < -0.3 is 5.32 Å². The van der Waals surface area contributed by atoms with Crippen molar-refractivity contribution >= 4 is 38.9 Å². The number of tetrazole rings is 1. The topological polar surface area (TPSA) is 110 Å². The summed E-state index contributed by atoms with van der Waals surface area (Å²) >= 11 is 6.21. The second-order valence-electron chi connectivity index (χ2n) is 7.11. The number of benzene rings is 3. The molecular weight excluding hydrogens is 464 g/mol. The van der Waals surface area contributed by atoms with Crippen LogP contribution in [0.1, 0.15) is 10.4 Å². The van der Waals surface area contributed by atoms with Gasteiger partial charge in [-0.3, -0.25) is 9.10 Å². The zero-order valence-corrected chi connectivity index (χ0v) is 19.2. The van der Waals surface area contributed by atoms with E-state index >= 15 is 0 Å². The van der Waals surface area contributed by atoms with E-state index in [0.717, 1.165) is 4.31 Å². The Balaban J connectivity index is 1.62. The molecule has 168 valence electrons. The number of sulfonamides is 1. The maximum Gasteiger partial charge on any atom is 0.265 e. The lowest BCUT2D eigenvalue weighted by molar-refractivity contribution is 0.102. The highest BCUT2D eigenvalue weighted by Crippen LogP contribution is 2.29. The van der Waals surface area contributed by atoms with Crippen LogP contribution < -0.4 is 9.62 Å². The number of rotatable bonds is 6. The Bertz CT molecular complexity index is 1420. The van der Waals surface area contributed by atoms with Gasteiger partial charge in [0.2, 0.25) is 0 Å². The lowest BCUT2D eigenvalue weighted by Crippen LogP contribution is -2.27. The quantitative estimate of drug-likeness (QED) is 0.449. The number of aryl methyl sites for hydroxylation is 1. The average Bonchev–Trinajstić information content (AvgIpc) is 3.25. The van der Waals surface area contributed by atoms with Crippen molar-refractivity contribution in [1.82, 2.24) is 20.2 Å². The highest BCUT2D eigenvalue weighted by Gasteiger charge is 2.25. The number of para-hydroxylation sites is 1. The molecule has 1 aromatic heterocycles. The largest absolute Gasteiger partial charge is 0.322 e. The van der Waals surface area contributed by atoms with E-state index in [9.17, 15) is 13.2 Å². The summed E-state index contributed by atoms with van der Waals surface area (Å²) in [7, 11) is -0.854. The molecule has 0 aliphatic heterocycles. The van der Waals surface area contributed by atoms with Crippen LogP contribution in [-0.2, 0) is 17.1 Å².